The van der Waals surface area contributed by atoms with Gasteiger partial charge in [0, 0.05) is 18.0 Å². The second-order valence-corrected chi connectivity index (χ2v) is 3.91. The van der Waals surface area contributed by atoms with Crippen molar-refractivity contribution in [3.63, 3.8) is 0 Å². The highest BCUT2D eigenvalue weighted by molar-refractivity contribution is 5.95. The van der Waals surface area contributed by atoms with Gasteiger partial charge in [0.2, 0.25) is 0 Å². The molecule has 1 aromatic heterocycles. The van der Waals surface area contributed by atoms with Crippen LogP contribution in [0.25, 0.3) is 0 Å². The van der Waals surface area contributed by atoms with Crippen LogP contribution in [0.15, 0.2) is 30.6 Å². The Kier molecular flexibility index (Phi) is 3.27. The molecule has 6 heteroatoms. The van der Waals surface area contributed by atoms with E-state index < -0.39 is 5.82 Å². The molecular formula is C12H13FN4O. The molecule has 0 aliphatic carbocycles. The fraction of sp³-hybridized carbons (Fsp3) is 0.167. The normalized spacial score (nSPS) is 12.1. The summed E-state index contributed by atoms with van der Waals surface area (Å²) in [6.07, 6.45) is 3.28. The lowest BCUT2D eigenvalue weighted by Gasteiger charge is -2.11. The molecule has 1 aromatic carbocycles. The first-order valence-corrected chi connectivity index (χ1v) is 5.43. The third-order valence-electron chi connectivity index (χ3n) is 2.54. The average molecular weight is 248 g/mol. The quantitative estimate of drug-likeness (QED) is 0.722. The minimum Gasteiger partial charge on any atom is -0.396 e. The van der Waals surface area contributed by atoms with Gasteiger partial charge in [0.05, 0.1) is 11.7 Å². The predicted octanol–water partition coefficient (Wildman–Crippen LogP) is 1.62. The van der Waals surface area contributed by atoms with Gasteiger partial charge in [-0.2, -0.15) is 0 Å². The van der Waals surface area contributed by atoms with Crippen LogP contribution in [-0.2, 0) is 0 Å². The van der Waals surface area contributed by atoms with E-state index in [9.17, 15) is 9.18 Å². The molecule has 18 heavy (non-hydrogen) atoms. The van der Waals surface area contributed by atoms with E-state index in [2.05, 4.69) is 15.3 Å². The van der Waals surface area contributed by atoms with Gasteiger partial charge in [-0.05, 0) is 25.1 Å². The number of nitrogens with two attached hydrogens (primary N) is 1. The number of carbonyl (C=O) groups is 1. The van der Waals surface area contributed by atoms with Gasteiger partial charge in [0.1, 0.15) is 11.6 Å². The molecule has 1 amide bonds. The Morgan fingerprint density at radius 3 is 2.94 bits per heavy atom. The summed E-state index contributed by atoms with van der Waals surface area (Å²) in [5.74, 6) is -0.213. The Morgan fingerprint density at radius 2 is 2.33 bits per heavy atom. The zero-order valence-electron chi connectivity index (χ0n) is 9.77. The number of hydrogen-bond acceptors (Lipinski definition) is 3. The number of H-pyrrole nitrogens is 1. The molecule has 0 saturated carbocycles. The Labute approximate surface area is 103 Å². The maximum atomic E-state index is 13.0. The van der Waals surface area contributed by atoms with Crippen LogP contribution in [0, 0.1) is 5.82 Å². The van der Waals surface area contributed by atoms with Gasteiger partial charge in [-0.1, -0.05) is 0 Å². The lowest BCUT2D eigenvalue weighted by molar-refractivity contribution is 0.0938. The number of nitrogens with one attached hydrogen (secondary N) is 2. The minimum absolute atomic E-state index is 0.0479. The van der Waals surface area contributed by atoms with Gasteiger partial charge >= 0.3 is 0 Å². The summed E-state index contributed by atoms with van der Waals surface area (Å²) >= 11 is 0. The first-order valence-electron chi connectivity index (χ1n) is 5.43. The van der Waals surface area contributed by atoms with Crippen molar-refractivity contribution in [2.24, 2.45) is 0 Å². The van der Waals surface area contributed by atoms with E-state index in [1.807, 2.05) is 0 Å². The molecule has 0 bridgehead atoms. The number of hydrogen-bond donors (Lipinski definition) is 3. The fourth-order valence-electron chi connectivity index (χ4n) is 1.55. The van der Waals surface area contributed by atoms with Crippen LogP contribution < -0.4 is 11.1 Å². The van der Waals surface area contributed by atoms with E-state index in [1.54, 1.807) is 19.3 Å². The molecule has 2 aromatic rings. The van der Waals surface area contributed by atoms with Gasteiger partial charge in [0.15, 0.2) is 0 Å². The first-order chi connectivity index (χ1) is 8.58. The monoisotopic (exact) mass is 248 g/mol. The predicted molar refractivity (Wildman–Crippen MR) is 65.3 cm³/mol. The number of nitrogen functional groups attached to an aromatic ring is 1. The number of imidazole rings is 1. The minimum atomic E-state index is -0.536. The van der Waals surface area contributed by atoms with Crippen molar-refractivity contribution in [1.29, 1.82) is 0 Å². The van der Waals surface area contributed by atoms with Crippen LogP contribution in [0.4, 0.5) is 10.1 Å². The molecule has 0 spiro atoms. The number of carbonyl (C=O) groups excluding carboxylic acids is 1. The highest BCUT2D eigenvalue weighted by atomic mass is 19.1. The van der Waals surface area contributed by atoms with Gasteiger partial charge < -0.3 is 16.0 Å². The van der Waals surface area contributed by atoms with Crippen LogP contribution in [0.5, 0.6) is 0 Å². The van der Waals surface area contributed by atoms with Crippen molar-refractivity contribution in [2.75, 3.05) is 5.73 Å². The van der Waals surface area contributed by atoms with Gasteiger partial charge in [-0.15, -0.1) is 0 Å². The zero-order chi connectivity index (χ0) is 13.1. The van der Waals surface area contributed by atoms with Crippen molar-refractivity contribution in [2.45, 2.75) is 13.0 Å². The molecule has 0 aliphatic rings. The Hall–Kier alpha value is -2.37. The van der Waals surface area contributed by atoms with E-state index in [-0.39, 0.29) is 17.6 Å². The van der Waals surface area contributed by atoms with Crippen molar-refractivity contribution in [3.05, 3.63) is 47.8 Å². The molecule has 0 radical (unpaired) electrons. The molecule has 1 heterocycles. The van der Waals surface area contributed by atoms with E-state index in [0.717, 1.165) is 0 Å². The molecule has 2 rings (SSSR count). The molecule has 0 aliphatic heterocycles. The third kappa shape index (κ3) is 2.48. The fourth-order valence-corrected chi connectivity index (χ4v) is 1.55. The van der Waals surface area contributed by atoms with Crippen LogP contribution in [0.3, 0.4) is 0 Å². The summed E-state index contributed by atoms with van der Waals surface area (Å²) < 4.78 is 13.0. The van der Waals surface area contributed by atoms with E-state index >= 15 is 0 Å². The maximum absolute atomic E-state index is 13.0. The summed E-state index contributed by atoms with van der Waals surface area (Å²) in [4.78, 5) is 18.8. The summed E-state index contributed by atoms with van der Waals surface area (Å²) in [6.45, 7) is 1.80. The number of amides is 1. The molecule has 1 atom stereocenters. The van der Waals surface area contributed by atoms with Gasteiger partial charge in [0.25, 0.3) is 5.91 Å². The standard InChI is InChI=1S/C12H13FN4O/c1-7(11-15-4-5-16-11)17-12(18)8-2-3-9(13)10(14)6-8/h2-7H,14H2,1H3,(H,15,16)(H,17,18). The summed E-state index contributed by atoms with van der Waals surface area (Å²) in [5, 5.41) is 2.73. The number of halogens is 1. The van der Waals surface area contributed by atoms with Crippen molar-refractivity contribution >= 4 is 11.6 Å². The summed E-state index contributed by atoms with van der Waals surface area (Å²) in [7, 11) is 0. The highest BCUT2D eigenvalue weighted by Gasteiger charge is 2.13. The number of anilines is 1. The smallest absolute Gasteiger partial charge is 0.251 e. The summed E-state index contributed by atoms with van der Waals surface area (Å²) in [6, 6.07) is 3.59. The van der Waals surface area contributed by atoms with Crippen molar-refractivity contribution in [3.8, 4) is 0 Å². The van der Waals surface area contributed by atoms with E-state index in [1.165, 1.54) is 18.2 Å². The van der Waals surface area contributed by atoms with Gasteiger partial charge in [-0.25, -0.2) is 9.37 Å². The second-order valence-electron chi connectivity index (χ2n) is 3.91. The largest absolute Gasteiger partial charge is 0.396 e. The summed E-state index contributed by atoms with van der Waals surface area (Å²) in [5.41, 5.74) is 5.67. The maximum Gasteiger partial charge on any atom is 0.251 e. The molecule has 94 valence electrons. The number of aromatic nitrogens is 2. The Morgan fingerprint density at radius 1 is 1.56 bits per heavy atom. The van der Waals surface area contributed by atoms with Crippen molar-refractivity contribution in [1.82, 2.24) is 15.3 Å². The molecule has 0 fully saturated rings. The zero-order valence-corrected chi connectivity index (χ0v) is 9.77. The van der Waals surface area contributed by atoms with Gasteiger partial charge in [-0.3, -0.25) is 4.79 Å². The van der Waals surface area contributed by atoms with Crippen LogP contribution in [0.1, 0.15) is 29.1 Å². The van der Waals surface area contributed by atoms with Crippen LogP contribution in [0.2, 0.25) is 0 Å². The Balaban J connectivity index is 2.10. The Bertz CT molecular complexity index is 553. The SMILES string of the molecule is CC(NC(=O)c1ccc(F)c(N)c1)c1ncc[nH]1. The molecule has 0 saturated heterocycles. The van der Waals surface area contributed by atoms with Crippen LogP contribution >= 0.6 is 0 Å². The molecular weight excluding hydrogens is 235 g/mol. The third-order valence-corrected chi connectivity index (χ3v) is 2.54. The number of nitrogens with zero attached hydrogens (tertiary/aromatic N) is 1. The highest BCUT2D eigenvalue weighted by Crippen LogP contribution is 2.13. The van der Waals surface area contributed by atoms with E-state index in [4.69, 9.17) is 5.73 Å². The number of benzene rings is 1. The average Bonchev–Trinajstić information content (AvgIpc) is 2.86. The lowest BCUT2D eigenvalue weighted by Crippen LogP contribution is -2.27. The van der Waals surface area contributed by atoms with E-state index in [0.29, 0.717) is 11.4 Å². The van der Waals surface area contributed by atoms with Crippen LogP contribution in [-0.4, -0.2) is 15.9 Å². The topological polar surface area (TPSA) is 83.8 Å². The number of aromatic amines is 1. The lowest BCUT2D eigenvalue weighted by atomic mass is 10.1. The first kappa shape index (κ1) is 12.1. The molecule has 4 N–H and O–H groups in total. The second kappa shape index (κ2) is 4.87. The number of rotatable bonds is 3. The van der Waals surface area contributed by atoms with Crippen molar-refractivity contribution < 1.29 is 9.18 Å². The molecule has 1 unspecified atom stereocenters. The molecule has 5 nitrogen and oxygen atoms in total.